The number of hydrogen-bond acceptors (Lipinski definition) is 3. The molecule has 3 nitrogen and oxygen atoms in total. The molecule has 0 bridgehead atoms. The normalized spacial score (nSPS) is 12.6. The standard InChI is InChI=1S/2C5H11O.4C4H9.O.2Sn/c2*1-2-3-4-5-6;4*1-3-4-2;;;/h2*2-5H2,1H3;4*1,3-4H2,2H3;;;/q2*-1;;;;;;2*+1. The molecule has 0 amide bonds. The van der Waals surface area contributed by atoms with E-state index in [4.69, 9.17) is 7.56 Å². The molecule has 0 heterocycles. The van der Waals surface area contributed by atoms with Crippen molar-refractivity contribution in [2.45, 2.75) is 149 Å². The maximum absolute atomic E-state index is 7.57. The minimum absolute atomic E-state index is 0.927. The molecule has 0 atom stereocenters. The first-order valence-electron chi connectivity index (χ1n) is 14.1. The number of hydrogen-bond donors (Lipinski definition) is 0. The van der Waals surface area contributed by atoms with Crippen molar-refractivity contribution in [3.63, 3.8) is 0 Å². The van der Waals surface area contributed by atoms with Crippen LogP contribution in [-0.4, -0.2) is 51.6 Å². The monoisotopic (exact) mass is 658 g/mol. The van der Waals surface area contributed by atoms with Gasteiger partial charge in [-0.15, -0.1) is 0 Å². The molecule has 0 aliphatic rings. The Labute approximate surface area is 207 Å². The van der Waals surface area contributed by atoms with Gasteiger partial charge < -0.3 is 0 Å². The van der Waals surface area contributed by atoms with Crippen molar-refractivity contribution in [1.29, 1.82) is 0 Å². The molecule has 0 fully saturated rings. The first kappa shape index (κ1) is 32.5. The molecule has 5 heteroatoms. The van der Waals surface area contributed by atoms with E-state index in [1.807, 2.05) is 0 Å². The second kappa shape index (κ2) is 22.0. The van der Waals surface area contributed by atoms with Crippen LogP contribution in [0, 0.1) is 0 Å². The first-order valence-corrected chi connectivity index (χ1v) is 26.8. The van der Waals surface area contributed by atoms with Crippen LogP contribution in [0.1, 0.15) is 131 Å². The van der Waals surface area contributed by atoms with Crippen LogP contribution in [0.4, 0.5) is 0 Å². The van der Waals surface area contributed by atoms with E-state index in [0.717, 1.165) is 13.2 Å². The van der Waals surface area contributed by atoms with Crippen LogP contribution in [0.2, 0.25) is 17.7 Å². The van der Waals surface area contributed by atoms with Gasteiger partial charge in [0.05, 0.1) is 0 Å². The molecule has 0 spiro atoms. The summed E-state index contributed by atoms with van der Waals surface area (Å²) in [4.78, 5) is 0. The Balaban J connectivity index is 5.72. The third-order valence-electron chi connectivity index (χ3n) is 6.24. The Morgan fingerprint density at radius 3 is 0.935 bits per heavy atom. The molecule has 188 valence electrons. The van der Waals surface area contributed by atoms with Crippen LogP contribution in [0.5, 0.6) is 0 Å². The summed E-state index contributed by atoms with van der Waals surface area (Å²) in [6.07, 6.45) is 17.5. The van der Waals surface area contributed by atoms with Gasteiger partial charge in [0.25, 0.3) is 0 Å². The second-order valence-electron chi connectivity index (χ2n) is 9.45. The van der Waals surface area contributed by atoms with Crippen molar-refractivity contribution in [3.05, 3.63) is 0 Å². The van der Waals surface area contributed by atoms with Gasteiger partial charge >= 0.3 is 208 Å². The zero-order chi connectivity index (χ0) is 23.3. The van der Waals surface area contributed by atoms with E-state index in [-0.39, 0.29) is 0 Å². The molecule has 0 radical (unpaired) electrons. The molecule has 0 aromatic rings. The Morgan fingerprint density at radius 1 is 0.387 bits per heavy atom. The summed E-state index contributed by atoms with van der Waals surface area (Å²) in [6, 6.07) is 0. The minimum atomic E-state index is -3.16. The van der Waals surface area contributed by atoms with Gasteiger partial charge in [0.1, 0.15) is 0 Å². The molecule has 0 aliphatic carbocycles. The van der Waals surface area contributed by atoms with Crippen LogP contribution in [0.25, 0.3) is 0 Å². The predicted molar refractivity (Wildman–Crippen MR) is 142 cm³/mol. The summed E-state index contributed by atoms with van der Waals surface area (Å²) in [5, 5.41) is 0. The van der Waals surface area contributed by atoms with Crippen LogP contribution >= 0.6 is 0 Å². The van der Waals surface area contributed by atoms with E-state index in [2.05, 4.69) is 41.5 Å². The predicted octanol–water partition coefficient (Wildman–Crippen LogP) is 9.50. The van der Waals surface area contributed by atoms with E-state index >= 15 is 0 Å². The molecule has 0 aliphatic heterocycles. The molecule has 0 aromatic carbocycles. The average molecular weight is 656 g/mol. The zero-order valence-corrected chi connectivity index (χ0v) is 28.1. The van der Waals surface area contributed by atoms with Gasteiger partial charge in [-0.2, -0.15) is 0 Å². The van der Waals surface area contributed by atoms with Gasteiger partial charge in [0.15, 0.2) is 0 Å². The third kappa shape index (κ3) is 15.9. The molecular formula is C26H58O3Sn2. The first-order chi connectivity index (χ1) is 15.1. The summed E-state index contributed by atoms with van der Waals surface area (Å²) in [6.45, 7) is 15.7. The van der Waals surface area contributed by atoms with Crippen molar-refractivity contribution in [3.8, 4) is 0 Å². The van der Waals surface area contributed by atoms with Crippen molar-refractivity contribution >= 4 is 38.4 Å². The Bertz CT molecular complexity index is 330. The summed E-state index contributed by atoms with van der Waals surface area (Å²) in [7, 11) is 0. The van der Waals surface area contributed by atoms with Crippen molar-refractivity contribution in [2.75, 3.05) is 13.2 Å². The van der Waals surface area contributed by atoms with E-state index in [1.54, 1.807) is 0 Å². The molecule has 0 aromatic heterocycles. The van der Waals surface area contributed by atoms with Gasteiger partial charge in [-0.3, -0.25) is 0 Å². The molecule has 0 rings (SSSR count). The summed E-state index contributed by atoms with van der Waals surface area (Å²) >= 11 is -6.31. The fourth-order valence-electron chi connectivity index (χ4n) is 4.15. The molecule has 0 N–H and O–H groups in total. The van der Waals surface area contributed by atoms with Crippen LogP contribution < -0.4 is 0 Å². The van der Waals surface area contributed by atoms with Gasteiger partial charge in [-0.05, 0) is 0 Å². The van der Waals surface area contributed by atoms with E-state index in [9.17, 15) is 0 Å². The SMILES string of the molecule is CCCCC[O][Sn]([CH2]CCC)([CH2]CCC)[O][Sn]([CH2]CCC)([CH2]CCC)[O]CCCCC. The quantitative estimate of drug-likeness (QED) is 0.0766. The summed E-state index contributed by atoms with van der Waals surface area (Å²) in [5.74, 6) is 0. The maximum atomic E-state index is 7.57. The fourth-order valence-corrected chi connectivity index (χ4v) is 46.8. The van der Waals surface area contributed by atoms with Crippen molar-refractivity contribution in [1.82, 2.24) is 0 Å². The fraction of sp³-hybridized carbons (Fsp3) is 1.00. The van der Waals surface area contributed by atoms with Gasteiger partial charge in [-0.1, -0.05) is 0 Å². The van der Waals surface area contributed by atoms with Crippen molar-refractivity contribution in [2.24, 2.45) is 0 Å². The van der Waals surface area contributed by atoms with Gasteiger partial charge in [0, 0.05) is 0 Å². The van der Waals surface area contributed by atoms with E-state index < -0.39 is 38.4 Å². The van der Waals surface area contributed by atoms with Gasteiger partial charge in [0.2, 0.25) is 0 Å². The topological polar surface area (TPSA) is 27.7 Å². The number of rotatable bonds is 24. The van der Waals surface area contributed by atoms with Crippen LogP contribution in [-0.2, 0) is 7.56 Å². The zero-order valence-electron chi connectivity index (χ0n) is 22.4. The Kier molecular flexibility index (Phi) is 23.0. The van der Waals surface area contributed by atoms with Gasteiger partial charge in [-0.25, -0.2) is 0 Å². The molecular weight excluding hydrogens is 598 g/mol. The Morgan fingerprint density at radius 2 is 0.677 bits per heavy atom. The molecule has 0 saturated heterocycles. The molecule has 31 heavy (non-hydrogen) atoms. The average Bonchev–Trinajstić information content (AvgIpc) is 2.79. The van der Waals surface area contributed by atoms with Crippen molar-refractivity contribution < 1.29 is 7.56 Å². The van der Waals surface area contributed by atoms with E-state index in [1.165, 1.54) is 108 Å². The second-order valence-corrected chi connectivity index (χ2v) is 31.7. The van der Waals surface area contributed by atoms with Crippen LogP contribution in [0.15, 0.2) is 0 Å². The Hall–Kier alpha value is 1.48. The number of unbranched alkanes of at least 4 members (excludes halogenated alkanes) is 8. The van der Waals surface area contributed by atoms with E-state index in [0.29, 0.717) is 0 Å². The summed E-state index contributed by atoms with van der Waals surface area (Å²) in [5.41, 5.74) is 0. The van der Waals surface area contributed by atoms with Crippen LogP contribution in [0.3, 0.4) is 0 Å². The third-order valence-corrected chi connectivity index (χ3v) is 39.5. The molecule has 0 unspecified atom stereocenters. The summed E-state index contributed by atoms with van der Waals surface area (Å²) < 4.78 is 26.4. The molecule has 0 saturated carbocycles.